The van der Waals surface area contributed by atoms with Gasteiger partial charge in [0.2, 0.25) is 0 Å². The van der Waals surface area contributed by atoms with Gasteiger partial charge >= 0.3 is 22.1 Å². The van der Waals surface area contributed by atoms with E-state index in [2.05, 4.69) is 0 Å². The minimum absolute atomic E-state index is 0.00119. The van der Waals surface area contributed by atoms with Gasteiger partial charge in [-0.05, 0) is 57.6 Å². The molecule has 232 valence electrons. The maximum atomic E-state index is 13.5. The van der Waals surface area contributed by atoms with Gasteiger partial charge in [0.15, 0.2) is 0 Å². The summed E-state index contributed by atoms with van der Waals surface area (Å²) in [4.78, 5) is 27.0. The van der Waals surface area contributed by atoms with Crippen molar-refractivity contribution in [1.29, 1.82) is 0 Å². The molecule has 5 aromatic rings. The Kier molecular flexibility index (Phi) is 8.96. The number of esters is 2. The van der Waals surface area contributed by atoms with Crippen LogP contribution in [-0.4, -0.2) is 33.0 Å². The molecule has 5 aromatic carbocycles. The predicted octanol–water partition coefficient (Wildman–Crippen LogP) is 5.96. The predicted molar refractivity (Wildman–Crippen MR) is 172 cm³/mol. The second-order valence-electron chi connectivity index (χ2n) is 10.9. The van der Waals surface area contributed by atoms with E-state index in [1.54, 1.807) is 18.2 Å². The fourth-order valence-corrected chi connectivity index (χ4v) is 6.59. The fraction of sp³-hybridized carbons (Fsp3) is 0.135. The van der Waals surface area contributed by atoms with Crippen LogP contribution in [0.5, 0.6) is 5.75 Å². The molecule has 0 aliphatic heterocycles. The summed E-state index contributed by atoms with van der Waals surface area (Å²) in [6, 6.07) is 37.2. The average molecular weight is 634 g/mol. The lowest BCUT2D eigenvalue weighted by molar-refractivity contribution is -0.154. The summed E-state index contributed by atoms with van der Waals surface area (Å²) >= 11 is 0. The van der Waals surface area contributed by atoms with Crippen LogP contribution in [-0.2, 0) is 35.8 Å². The van der Waals surface area contributed by atoms with Crippen LogP contribution in [0.1, 0.15) is 34.1 Å². The highest BCUT2D eigenvalue weighted by atomic mass is 32.2. The first kappa shape index (κ1) is 30.8. The Hall–Kier alpha value is -5.25. The largest absolute Gasteiger partial charge is 0.463 e. The Morgan fingerprint density at radius 1 is 0.652 bits per heavy atom. The number of fused-ring (bicyclic) bond motifs is 3. The van der Waals surface area contributed by atoms with Crippen LogP contribution in [0.4, 0.5) is 0 Å². The second-order valence-corrected chi connectivity index (χ2v) is 12.4. The molecule has 0 amide bonds. The molecule has 9 heteroatoms. The molecule has 0 heterocycles. The van der Waals surface area contributed by atoms with E-state index in [0.717, 1.165) is 27.8 Å². The summed E-state index contributed by atoms with van der Waals surface area (Å²) in [6.45, 7) is 0.0144. The van der Waals surface area contributed by atoms with Crippen LogP contribution in [0, 0.1) is 0 Å². The molecule has 2 unspecified atom stereocenters. The molecule has 1 aliphatic carbocycles. The highest BCUT2D eigenvalue weighted by Gasteiger charge is 2.36. The van der Waals surface area contributed by atoms with Crippen molar-refractivity contribution in [1.82, 2.24) is 0 Å². The van der Waals surface area contributed by atoms with Crippen LogP contribution < -0.4 is 9.92 Å². The molecule has 2 N–H and O–H groups in total. The number of benzene rings is 5. The van der Waals surface area contributed by atoms with Gasteiger partial charge in [-0.2, -0.15) is 8.42 Å². The molecule has 46 heavy (non-hydrogen) atoms. The zero-order chi connectivity index (χ0) is 32.1. The van der Waals surface area contributed by atoms with E-state index < -0.39 is 34.0 Å². The first-order valence-corrected chi connectivity index (χ1v) is 16.1. The van der Waals surface area contributed by atoms with Crippen LogP contribution in [0.15, 0.2) is 138 Å². The maximum absolute atomic E-state index is 13.5. The number of ether oxygens (including phenoxy) is 2. The molecule has 0 saturated carbocycles. The number of carbonyl (C=O) groups is 2. The molecule has 0 aromatic heterocycles. The van der Waals surface area contributed by atoms with E-state index in [4.69, 9.17) is 19.4 Å². The smallest absolute Gasteiger partial charge is 0.339 e. The lowest BCUT2D eigenvalue weighted by Gasteiger charge is -2.23. The van der Waals surface area contributed by atoms with Gasteiger partial charge in [0.1, 0.15) is 35.8 Å². The van der Waals surface area contributed by atoms with Crippen LogP contribution in [0.25, 0.3) is 11.1 Å². The molecule has 8 nitrogen and oxygen atoms in total. The van der Waals surface area contributed by atoms with E-state index >= 15 is 0 Å². The minimum Gasteiger partial charge on any atom is -0.463 e. The van der Waals surface area contributed by atoms with Crippen LogP contribution in [0.2, 0.25) is 0 Å². The maximum Gasteiger partial charge on any atom is 0.339 e. The van der Waals surface area contributed by atoms with E-state index in [9.17, 15) is 18.0 Å². The highest BCUT2D eigenvalue weighted by Crippen LogP contribution is 2.44. The molecule has 1 aliphatic rings. The minimum atomic E-state index is -4.08. The highest BCUT2D eigenvalue weighted by molar-refractivity contribution is 7.87. The van der Waals surface area contributed by atoms with Crippen LogP contribution in [0.3, 0.4) is 0 Å². The lowest BCUT2D eigenvalue weighted by Crippen LogP contribution is -2.42. The van der Waals surface area contributed by atoms with Gasteiger partial charge in [-0.1, -0.05) is 109 Å². The standard InChI is InChI=1S/C37H31NO7S/c38-35(37(40)44-24-33-31-17-9-7-15-29(31)30-16-8-10-18-32(30)33)34(36(39)43-23-25-11-3-1-4-12-25)26-19-21-27(22-20-26)45-46(41,42)28-13-5-2-6-14-28/h1-22,33-35H,23-24,38H2. The Balaban J connectivity index is 1.21. The molecular weight excluding hydrogens is 602 g/mol. The Bertz CT molecular complexity index is 1900. The van der Waals surface area contributed by atoms with Crippen molar-refractivity contribution in [2.75, 3.05) is 6.61 Å². The first-order valence-electron chi connectivity index (χ1n) is 14.7. The normalized spacial score (nSPS) is 13.6. The third kappa shape index (κ3) is 6.56. The van der Waals surface area contributed by atoms with Crippen molar-refractivity contribution >= 4 is 22.1 Å². The number of nitrogens with two attached hydrogens (primary N) is 1. The van der Waals surface area contributed by atoms with E-state index in [0.29, 0.717) is 5.56 Å². The summed E-state index contributed by atoms with van der Waals surface area (Å²) < 4.78 is 42.1. The number of hydrogen-bond acceptors (Lipinski definition) is 8. The summed E-state index contributed by atoms with van der Waals surface area (Å²) in [5.41, 5.74) is 11.8. The number of carbonyl (C=O) groups excluding carboxylic acids is 2. The number of rotatable bonds is 11. The quantitative estimate of drug-likeness (QED) is 0.140. The molecule has 0 spiro atoms. The molecule has 0 fully saturated rings. The van der Waals surface area contributed by atoms with Crippen molar-refractivity contribution in [2.24, 2.45) is 5.73 Å². The van der Waals surface area contributed by atoms with Crippen molar-refractivity contribution in [3.05, 3.63) is 156 Å². The molecule has 0 saturated heterocycles. The molecule has 6 rings (SSSR count). The van der Waals surface area contributed by atoms with Gasteiger partial charge in [0.25, 0.3) is 0 Å². The average Bonchev–Trinajstić information content (AvgIpc) is 3.41. The molecule has 0 bridgehead atoms. The summed E-state index contributed by atoms with van der Waals surface area (Å²) in [5.74, 6) is -2.89. The van der Waals surface area contributed by atoms with Crippen molar-refractivity contribution < 1.29 is 31.7 Å². The lowest BCUT2D eigenvalue weighted by atomic mass is 9.91. The Morgan fingerprint density at radius 2 is 1.20 bits per heavy atom. The molecule has 0 radical (unpaired) electrons. The van der Waals surface area contributed by atoms with E-state index in [1.807, 2.05) is 78.9 Å². The monoisotopic (exact) mass is 633 g/mol. The van der Waals surface area contributed by atoms with E-state index in [-0.39, 0.29) is 29.8 Å². The zero-order valence-electron chi connectivity index (χ0n) is 24.7. The fourth-order valence-electron chi connectivity index (χ4n) is 5.64. The van der Waals surface area contributed by atoms with Gasteiger partial charge in [0.05, 0.1) is 0 Å². The second kappa shape index (κ2) is 13.4. The van der Waals surface area contributed by atoms with Gasteiger partial charge in [0, 0.05) is 5.92 Å². The summed E-state index contributed by atoms with van der Waals surface area (Å²) in [7, 11) is -4.08. The van der Waals surface area contributed by atoms with Crippen molar-refractivity contribution in [3.8, 4) is 16.9 Å². The summed E-state index contributed by atoms with van der Waals surface area (Å²) in [5, 5.41) is 0. The van der Waals surface area contributed by atoms with Gasteiger partial charge < -0.3 is 19.4 Å². The Morgan fingerprint density at radius 3 is 1.80 bits per heavy atom. The van der Waals surface area contributed by atoms with E-state index in [1.165, 1.54) is 36.4 Å². The molecular formula is C37H31NO7S. The third-order valence-corrected chi connectivity index (χ3v) is 9.20. The summed E-state index contributed by atoms with van der Waals surface area (Å²) in [6.07, 6.45) is 0. The SMILES string of the molecule is NC(C(=O)OCC1c2ccccc2-c2ccccc21)C(C(=O)OCc1ccccc1)c1ccc(OS(=O)(=O)c2ccccc2)cc1. The topological polar surface area (TPSA) is 122 Å². The first-order chi connectivity index (χ1) is 22.3. The number of hydrogen-bond donors (Lipinski definition) is 1. The van der Waals surface area contributed by atoms with Gasteiger partial charge in [-0.15, -0.1) is 0 Å². The zero-order valence-corrected chi connectivity index (χ0v) is 25.5. The third-order valence-electron chi connectivity index (χ3n) is 7.94. The molecule has 2 atom stereocenters. The van der Waals surface area contributed by atoms with Crippen molar-refractivity contribution in [2.45, 2.75) is 29.4 Å². The van der Waals surface area contributed by atoms with Gasteiger partial charge in [-0.25, -0.2) is 0 Å². The van der Waals surface area contributed by atoms with Crippen molar-refractivity contribution in [3.63, 3.8) is 0 Å². The van der Waals surface area contributed by atoms with Gasteiger partial charge in [-0.3, -0.25) is 9.59 Å². The van der Waals surface area contributed by atoms with Crippen LogP contribution >= 0.6 is 0 Å². The Labute approximate surface area is 267 Å².